The molecule has 12 heteroatoms. The number of nitrogens with zero attached hydrogens (tertiary/aromatic N) is 3. The third-order valence-corrected chi connectivity index (χ3v) is 6.36. The molecule has 0 saturated carbocycles. The third kappa shape index (κ3) is 5.77. The van der Waals surface area contributed by atoms with Crippen LogP contribution >= 0.6 is 11.6 Å². The summed E-state index contributed by atoms with van der Waals surface area (Å²) in [4.78, 5) is 30.0. The minimum atomic E-state index is -3.31. The molecule has 1 atom stereocenters. The van der Waals surface area contributed by atoms with Crippen molar-refractivity contribution < 1.29 is 22.9 Å². The molecule has 1 unspecified atom stereocenters. The van der Waals surface area contributed by atoms with Crippen molar-refractivity contribution >= 4 is 34.8 Å². The Labute approximate surface area is 216 Å². The number of nitrogens with one attached hydrogen (secondary N) is 3. The number of rotatable bonds is 7. The van der Waals surface area contributed by atoms with Crippen LogP contribution in [0.1, 0.15) is 41.1 Å². The lowest BCUT2D eigenvalue weighted by Gasteiger charge is -2.36. The van der Waals surface area contributed by atoms with Crippen molar-refractivity contribution in [1.82, 2.24) is 20.4 Å². The topological polar surface area (TPSA) is 124 Å². The first kappa shape index (κ1) is 26.2. The van der Waals surface area contributed by atoms with Crippen LogP contribution < -0.4 is 10.6 Å². The van der Waals surface area contributed by atoms with Crippen LogP contribution in [0.2, 0.25) is 5.02 Å². The largest absolute Gasteiger partial charge is 0.388 e. The van der Waals surface area contributed by atoms with Gasteiger partial charge in [-0.15, -0.1) is 0 Å². The molecule has 1 fully saturated rings. The number of piperidine rings is 1. The number of benzene rings is 2. The van der Waals surface area contributed by atoms with Crippen molar-refractivity contribution in [3.05, 3.63) is 64.5 Å². The van der Waals surface area contributed by atoms with Gasteiger partial charge in [0.25, 0.3) is 11.8 Å². The Morgan fingerprint density at radius 1 is 1.27 bits per heavy atom. The van der Waals surface area contributed by atoms with Crippen molar-refractivity contribution in [3.8, 4) is 11.4 Å². The Hall–Kier alpha value is -3.86. The van der Waals surface area contributed by atoms with Gasteiger partial charge in [0.1, 0.15) is 5.92 Å². The van der Waals surface area contributed by atoms with Gasteiger partial charge in [0.05, 0.1) is 13.1 Å². The number of carbonyl (C=O) groups excluding carboxylic acids is 2. The summed E-state index contributed by atoms with van der Waals surface area (Å²) in [5, 5.41) is 17.5. The van der Waals surface area contributed by atoms with Crippen LogP contribution in [-0.4, -0.2) is 65.2 Å². The van der Waals surface area contributed by atoms with Crippen molar-refractivity contribution in [2.24, 2.45) is 0 Å². The number of alkyl halides is 2. The highest BCUT2D eigenvalue weighted by atomic mass is 35.5. The standard InChI is InChI=1S/C25H25ClF2N6O3/c1-14(29)18-7-6-15(11-20(18)30-2)22-32-24(37-33-22)19-8-9-34(13-25(19,27)28)21(35)12-31-23(36)16-4-3-5-17(26)10-16/h3-7,10-11,19,29-30H,8-9,12-13H2,1-2H3,(H,31,36). The Morgan fingerprint density at radius 2 is 2.05 bits per heavy atom. The van der Waals surface area contributed by atoms with Crippen LogP contribution in [0.5, 0.6) is 0 Å². The number of hydrogen-bond acceptors (Lipinski definition) is 7. The number of halogens is 3. The Kier molecular flexibility index (Phi) is 7.53. The zero-order valence-corrected chi connectivity index (χ0v) is 20.9. The maximum atomic E-state index is 15.1. The van der Waals surface area contributed by atoms with Crippen molar-refractivity contribution in [1.29, 1.82) is 5.41 Å². The van der Waals surface area contributed by atoms with Crippen molar-refractivity contribution in [3.63, 3.8) is 0 Å². The van der Waals surface area contributed by atoms with Crippen molar-refractivity contribution in [2.75, 3.05) is 32.0 Å². The predicted molar refractivity (Wildman–Crippen MR) is 134 cm³/mol. The molecule has 3 N–H and O–H groups in total. The lowest BCUT2D eigenvalue weighted by molar-refractivity contribution is -0.144. The maximum absolute atomic E-state index is 15.1. The van der Waals surface area contributed by atoms with E-state index in [9.17, 15) is 9.59 Å². The second-order valence-corrected chi connectivity index (χ2v) is 9.14. The van der Waals surface area contributed by atoms with Crippen LogP contribution in [0.15, 0.2) is 47.0 Å². The van der Waals surface area contributed by atoms with Gasteiger partial charge < -0.3 is 25.5 Å². The molecule has 0 bridgehead atoms. The summed E-state index contributed by atoms with van der Waals surface area (Å²) in [6.45, 7) is 0.448. The van der Waals surface area contributed by atoms with Crippen LogP contribution in [0.25, 0.3) is 11.4 Å². The zero-order chi connectivity index (χ0) is 26.7. The van der Waals surface area contributed by atoms with E-state index in [1.807, 2.05) is 0 Å². The first-order valence-corrected chi connectivity index (χ1v) is 11.9. The Bertz CT molecular complexity index is 1350. The van der Waals surface area contributed by atoms with E-state index in [1.165, 1.54) is 12.1 Å². The summed E-state index contributed by atoms with van der Waals surface area (Å²) in [7, 11) is 1.71. The first-order chi connectivity index (χ1) is 17.6. The summed E-state index contributed by atoms with van der Waals surface area (Å²) < 4.78 is 35.4. The normalized spacial score (nSPS) is 16.8. The molecule has 2 heterocycles. The third-order valence-electron chi connectivity index (χ3n) is 6.13. The molecule has 9 nitrogen and oxygen atoms in total. The number of anilines is 1. The molecule has 1 aliphatic heterocycles. The minimum Gasteiger partial charge on any atom is -0.388 e. The first-order valence-electron chi connectivity index (χ1n) is 11.5. The van der Waals surface area contributed by atoms with E-state index in [0.29, 0.717) is 27.5 Å². The van der Waals surface area contributed by atoms with E-state index in [0.717, 1.165) is 4.90 Å². The highest BCUT2D eigenvalue weighted by molar-refractivity contribution is 6.31. The molecule has 1 saturated heterocycles. The molecule has 37 heavy (non-hydrogen) atoms. The smallest absolute Gasteiger partial charge is 0.276 e. The van der Waals surface area contributed by atoms with Gasteiger partial charge in [0.2, 0.25) is 17.6 Å². The van der Waals surface area contributed by atoms with Gasteiger partial charge in [-0.05, 0) is 37.6 Å². The van der Waals surface area contributed by atoms with Gasteiger partial charge in [0.15, 0.2) is 0 Å². The van der Waals surface area contributed by atoms with E-state index in [-0.39, 0.29) is 30.2 Å². The van der Waals surface area contributed by atoms with Crippen LogP contribution in [0.3, 0.4) is 0 Å². The highest BCUT2D eigenvalue weighted by Gasteiger charge is 2.49. The maximum Gasteiger partial charge on any atom is 0.276 e. The van der Waals surface area contributed by atoms with Gasteiger partial charge in [0, 0.05) is 46.7 Å². The molecule has 3 aromatic rings. The fourth-order valence-electron chi connectivity index (χ4n) is 4.17. The molecule has 0 spiro atoms. The molecule has 2 amide bonds. The fourth-order valence-corrected chi connectivity index (χ4v) is 4.36. The van der Waals surface area contributed by atoms with Gasteiger partial charge in [-0.2, -0.15) is 4.98 Å². The van der Waals surface area contributed by atoms with E-state index in [2.05, 4.69) is 20.8 Å². The highest BCUT2D eigenvalue weighted by Crippen LogP contribution is 2.40. The average Bonchev–Trinajstić information content (AvgIpc) is 3.35. The van der Waals surface area contributed by atoms with Crippen molar-refractivity contribution in [2.45, 2.75) is 25.2 Å². The molecular weight excluding hydrogens is 506 g/mol. The summed E-state index contributed by atoms with van der Waals surface area (Å²) in [6, 6.07) is 11.3. The van der Waals surface area contributed by atoms with E-state index in [1.54, 1.807) is 44.3 Å². The SMILES string of the molecule is CNc1cc(-c2noc(C3CCN(C(=O)CNC(=O)c4cccc(Cl)c4)CC3(F)F)n2)ccc1C(C)=N. The van der Waals surface area contributed by atoms with Gasteiger partial charge in [-0.3, -0.25) is 9.59 Å². The molecule has 0 radical (unpaired) electrons. The van der Waals surface area contributed by atoms with E-state index in [4.69, 9.17) is 21.5 Å². The number of likely N-dealkylation sites (tertiary alicyclic amines) is 1. The fraction of sp³-hybridized carbons (Fsp3) is 0.320. The summed E-state index contributed by atoms with van der Waals surface area (Å²) >= 11 is 5.87. The van der Waals surface area contributed by atoms with Gasteiger partial charge in [-0.25, -0.2) is 8.78 Å². The molecule has 1 aromatic heterocycles. The summed E-state index contributed by atoms with van der Waals surface area (Å²) in [5.74, 6) is -5.88. The summed E-state index contributed by atoms with van der Waals surface area (Å²) in [5.41, 5.74) is 2.56. The number of carbonyl (C=O) groups is 2. The molecule has 194 valence electrons. The zero-order valence-electron chi connectivity index (χ0n) is 20.1. The van der Waals surface area contributed by atoms with E-state index >= 15 is 8.78 Å². The van der Waals surface area contributed by atoms with Crippen LogP contribution in [0, 0.1) is 5.41 Å². The molecular formula is C25H25ClF2N6O3. The Balaban J connectivity index is 1.41. The van der Waals surface area contributed by atoms with E-state index < -0.39 is 36.7 Å². The molecule has 2 aromatic carbocycles. The van der Waals surface area contributed by atoms with Gasteiger partial charge >= 0.3 is 0 Å². The lowest BCUT2D eigenvalue weighted by atomic mass is 9.92. The second-order valence-electron chi connectivity index (χ2n) is 8.70. The Morgan fingerprint density at radius 3 is 2.73 bits per heavy atom. The molecule has 0 aliphatic carbocycles. The quantitative estimate of drug-likeness (QED) is 0.393. The number of aromatic nitrogens is 2. The monoisotopic (exact) mass is 530 g/mol. The number of hydrogen-bond donors (Lipinski definition) is 3. The minimum absolute atomic E-state index is 0.0427. The average molecular weight is 531 g/mol. The number of amides is 2. The second kappa shape index (κ2) is 10.6. The van der Waals surface area contributed by atoms with Crippen LogP contribution in [-0.2, 0) is 4.79 Å². The molecule has 1 aliphatic rings. The van der Waals surface area contributed by atoms with Crippen LogP contribution in [0.4, 0.5) is 14.5 Å². The van der Waals surface area contributed by atoms with Gasteiger partial charge in [-0.1, -0.05) is 35.0 Å². The molecule has 4 rings (SSSR count). The predicted octanol–water partition coefficient (Wildman–Crippen LogP) is 4.20. The lowest BCUT2D eigenvalue weighted by Crippen LogP contribution is -2.52. The summed E-state index contributed by atoms with van der Waals surface area (Å²) in [6.07, 6.45) is -0.0870.